The van der Waals surface area contributed by atoms with Crippen LogP contribution in [-0.2, 0) is 5.41 Å². The van der Waals surface area contributed by atoms with Crippen molar-refractivity contribution in [1.82, 2.24) is 4.90 Å². The minimum Gasteiger partial charge on any atom is -0.370 e. The van der Waals surface area contributed by atoms with Crippen LogP contribution in [-0.4, -0.2) is 30.5 Å². The molecule has 0 spiro atoms. The summed E-state index contributed by atoms with van der Waals surface area (Å²) in [6, 6.07) is 9.10. The van der Waals surface area contributed by atoms with Crippen LogP contribution in [0.25, 0.3) is 0 Å². The highest BCUT2D eigenvalue weighted by atomic mass is 127. The molecule has 3 rings (SSSR count). The molecule has 0 bridgehead atoms. The Labute approximate surface area is 146 Å². The average molecular weight is 450 g/mol. The van der Waals surface area contributed by atoms with Gasteiger partial charge in [-0.3, -0.25) is 4.99 Å². The number of halogens is 2. The molecule has 0 heterocycles. The molecule has 0 aromatic heterocycles. The topological polar surface area (TPSA) is 41.6 Å². The Morgan fingerprint density at radius 3 is 2.60 bits per heavy atom. The highest BCUT2D eigenvalue weighted by Gasteiger charge is 2.45. The van der Waals surface area contributed by atoms with Crippen molar-refractivity contribution in [2.45, 2.75) is 37.1 Å². The minimum atomic E-state index is 0. The Hall–Kier alpha value is -0.300. The summed E-state index contributed by atoms with van der Waals surface area (Å²) < 4.78 is 1.19. The summed E-state index contributed by atoms with van der Waals surface area (Å²) >= 11 is 3.65. The third kappa shape index (κ3) is 3.30. The fourth-order valence-electron chi connectivity index (χ4n) is 2.55. The number of nitrogens with zero attached hydrogens (tertiary/aromatic N) is 2. The van der Waals surface area contributed by atoms with E-state index in [2.05, 4.69) is 57.1 Å². The maximum atomic E-state index is 6.07. The molecule has 1 aromatic rings. The van der Waals surface area contributed by atoms with Gasteiger partial charge in [0.1, 0.15) is 0 Å². The number of rotatable bonds is 4. The van der Waals surface area contributed by atoms with E-state index < -0.39 is 0 Å². The largest absolute Gasteiger partial charge is 0.370 e. The van der Waals surface area contributed by atoms with E-state index in [0.29, 0.717) is 12.0 Å². The van der Waals surface area contributed by atoms with Gasteiger partial charge < -0.3 is 10.6 Å². The first-order valence-corrected chi connectivity index (χ1v) is 7.69. The molecule has 5 heteroatoms. The van der Waals surface area contributed by atoms with Crippen LogP contribution in [0, 0.1) is 0 Å². The molecule has 0 unspecified atom stereocenters. The van der Waals surface area contributed by atoms with Crippen molar-refractivity contribution >= 4 is 45.9 Å². The molecule has 2 fully saturated rings. The second-order valence-corrected chi connectivity index (χ2v) is 6.63. The van der Waals surface area contributed by atoms with Crippen LogP contribution >= 0.6 is 39.9 Å². The molecule has 0 atom stereocenters. The summed E-state index contributed by atoms with van der Waals surface area (Å²) in [5.41, 5.74) is 7.67. The van der Waals surface area contributed by atoms with Crippen LogP contribution in [0.5, 0.6) is 0 Å². The van der Waals surface area contributed by atoms with Gasteiger partial charge in [0.2, 0.25) is 0 Å². The summed E-state index contributed by atoms with van der Waals surface area (Å²) in [6.45, 7) is 0.804. The lowest BCUT2D eigenvalue weighted by Crippen LogP contribution is -2.36. The summed E-state index contributed by atoms with van der Waals surface area (Å²) in [4.78, 5) is 6.76. The molecule has 0 saturated heterocycles. The average Bonchev–Trinajstić information content (AvgIpc) is 3.28. The summed E-state index contributed by atoms with van der Waals surface area (Å²) in [7, 11) is 2.05. The van der Waals surface area contributed by atoms with Crippen molar-refractivity contribution in [1.29, 1.82) is 0 Å². The SMILES string of the molecule is CN(C(N)=NCC1(c2ccccc2Br)CC1)C1CC1.I. The zero-order chi connectivity index (χ0) is 13.5. The Morgan fingerprint density at radius 2 is 2.05 bits per heavy atom. The van der Waals surface area contributed by atoms with Crippen LogP contribution in [0.2, 0.25) is 0 Å². The predicted molar refractivity (Wildman–Crippen MR) is 97.7 cm³/mol. The van der Waals surface area contributed by atoms with Gasteiger partial charge in [-0.2, -0.15) is 0 Å². The zero-order valence-electron chi connectivity index (χ0n) is 11.7. The van der Waals surface area contributed by atoms with Gasteiger partial charge in [0.05, 0.1) is 6.54 Å². The van der Waals surface area contributed by atoms with E-state index in [4.69, 9.17) is 5.73 Å². The molecule has 110 valence electrons. The highest BCUT2D eigenvalue weighted by Crippen LogP contribution is 2.50. The second kappa shape index (κ2) is 6.22. The lowest BCUT2D eigenvalue weighted by Gasteiger charge is -2.19. The van der Waals surface area contributed by atoms with Crippen molar-refractivity contribution in [3.05, 3.63) is 34.3 Å². The van der Waals surface area contributed by atoms with Gasteiger partial charge >= 0.3 is 0 Å². The molecule has 20 heavy (non-hydrogen) atoms. The van der Waals surface area contributed by atoms with E-state index in [9.17, 15) is 0 Å². The Bertz CT molecular complexity index is 510. The van der Waals surface area contributed by atoms with Gasteiger partial charge in [-0.1, -0.05) is 34.1 Å². The summed E-state index contributed by atoms with van der Waals surface area (Å²) in [6.07, 6.45) is 4.92. The third-order valence-electron chi connectivity index (χ3n) is 4.30. The van der Waals surface area contributed by atoms with E-state index in [1.54, 1.807) is 0 Å². The number of nitrogens with two attached hydrogens (primary N) is 1. The van der Waals surface area contributed by atoms with E-state index in [1.807, 2.05) is 0 Å². The maximum absolute atomic E-state index is 6.07. The normalized spacial score (nSPS) is 20.2. The number of aliphatic imine (C=N–C) groups is 1. The number of benzene rings is 1. The zero-order valence-corrected chi connectivity index (χ0v) is 15.6. The van der Waals surface area contributed by atoms with Gasteiger partial charge in [-0.15, -0.1) is 24.0 Å². The molecular weight excluding hydrogens is 429 g/mol. The lowest BCUT2D eigenvalue weighted by atomic mass is 9.96. The van der Waals surface area contributed by atoms with Crippen molar-refractivity contribution in [2.24, 2.45) is 10.7 Å². The van der Waals surface area contributed by atoms with Crippen LogP contribution in [0.15, 0.2) is 33.7 Å². The van der Waals surface area contributed by atoms with Crippen molar-refractivity contribution in [3.8, 4) is 0 Å². The molecule has 0 amide bonds. The van der Waals surface area contributed by atoms with Crippen molar-refractivity contribution < 1.29 is 0 Å². The standard InChI is InChI=1S/C15H20BrN3.HI/c1-19(11-6-7-11)14(17)18-10-15(8-9-15)12-4-2-3-5-13(12)16;/h2-5,11H,6-10H2,1H3,(H2,17,18);1H. The number of hydrogen-bond acceptors (Lipinski definition) is 1. The smallest absolute Gasteiger partial charge is 0.191 e. The van der Waals surface area contributed by atoms with Gasteiger partial charge in [0.15, 0.2) is 5.96 Å². The maximum Gasteiger partial charge on any atom is 0.191 e. The molecule has 0 radical (unpaired) electrons. The molecule has 2 N–H and O–H groups in total. The van der Waals surface area contributed by atoms with E-state index in [1.165, 1.54) is 35.7 Å². The quantitative estimate of drug-likeness (QED) is 0.434. The number of guanidine groups is 1. The minimum absolute atomic E-state index is 0. The molecule has 0 aliphatic heterocycles. The van der Waals surface area contributed by atoms with Crippen LogP contribution in [0.1, 0.15) is 31.2 Å². The van der Waals surface area contributed by atoms with E-state index >= 15 is 0 Å². The van der Waals surface area contributed by atoms with Crippen molar-refractivity contribution in [3.63, 3.8) is 0 Å². The molecular formula is C15H21BrIN3. The second-order valence-electron chi connectivity index (χ2n) is 5.78. The first kappa shape index (κ1) is 16.1. The lowest BCUT2D eigenvalue weighted by molar-refractivity contribution is 0.485. The monoisotopic (exact) mass is 449 g/mol. The van der Waals surface area contributed by atoms with Gasteiger partial charge in [0.25, 0.3) is 0 Å². The highest BCUT2D eigenvalue weighted by molar-refractivity contribution is 14.0. The molecule has 3 nitrogen and oxygen atoms in total. The fourth-order valence-corrected chi connectivity index (χ4v) is 3.25. The molecule has 2 aliphatic rings. The van der Waals surface area contributed by atoms with E-state index in [-0.39, 0.29) is 29.4 Å². The summed E-state index contributed by atoms with van der Waals surface area (Å²) in [5.74, 6) is 0.695. The van der Waals surface area contributed by atoms with Gasteiger partial charge in [-0.25, -0.2) is 0 Å². The predicted octanol–water partition coefficient (Wildman–Crippen LogP) is 3.51. The van der Waals surface area contributed by atoms with Crippen LogP contribution in [0.3, 0.4) is 0 Å². The number of hydrogen-bond donors (Lipinski definition) is 1. The van der Waals surface area contributed by atoms with Gasteiger partial charge in [0, 0.05) is 23.0 Å². The Kier molecular flexibility index (Phi) is 5.00. The first-order valence-electron chi connectivity index (χ1n) is 6.90. The Balaban J connectivity index is 0.00000147. The van der Waals surface area contributed by atoms with Gasteiger partial charge in [-0.05, 0) is 37.3 Å². The third-order valence-corrected chi connectivity index (χ3v) is 4.99. The molecule has 2 aliphatic carbocycles. The van der Waals surface area contributed by atoms with E-state index in [0.717, 1.165) is 6.54 Å². The van der Waals surface area contributed by atoms with Crippen LogP contribution in [0.4, 0.5) is 0 Å². The first-order chi connectivity index (χ1) is 9.12. The summed E-state index contributed by atoms with van der Waals surface area (Å²) in [5, 5.41) is 0. The van der Waals surface area contributed by atoms with Crippen LogP contribution < -0.4 is 5.73 Å². The molecule has 1 aromatic carbocycles. The Morgan fingerprint density at radius 1 is 1.40 bits per heavy atom. The molecule has 2 saturated carbocycles. The van der Waals surface area contributed by atoms with Crippen molar-refractivity contribution in [2.75, 3.05) is 13.6 Å². The fraction of sp³-hybridized carbons (Fsp3) is 0.533.